The molecule has 0 aliphatic rings. The molecule has 1 aromatic heterocycles. The van der Waals surface area contributed by atoms with Gasteiger partial charge in [0.15, 0.2) is 5.03 Å². The normalized spacial score (nSPS) is 12.0. The van der Waals surface area contributed by atoms with E-state index in [9.17, 15) is 8.42 Å². The van der Waals surface area contributed by atoms with Crippen molar-refractivity contribution in [3.05, 3.63) is 11.2 Å². The summed E-state index contributed by atoms with van der Waals surface area (Å²) in [6, 6.07) is 0. The molecule has 96 valence electrons. The quantitative estimate of drug-likeness (QED) is 0.794. The van der Waals surface area contributed by atoms with Crippen LogP contribution in [0.1, 0.15) is 6.92 Å². The van der Waals surface area contributed by atoms with E-state index < -0.39 is 10.0 Å². The van der Waals surface area contributed by atoms with Crippen molar-refractivity contribution in [2.75, 3.05) is 13.1 Å². The molecule has 0 saturated carbocycles. The molecule has 6 nitrogen and oxygen atoms in total. The fourth-order valence-corrected chi connectivity index (χ4v) is 3.62. The molecule has 0 radical (unpaired) electrons. The van der Waals surface area contributed by atoms with Crippen molar-refractivity contribution in [1.82, 2.24) is 14.1 Å². The van der Waals surface area contributed by atoms with Crippen LogP contribution in [0.15, 0.2) is 11.2 Å². The number of aryl methyl sites for hydroxylation is 1. The molecule has 0 saturated heterocycles. The highest BCUT2D eigenvalue weighted by Gasteiger charge is 2.29. The Morgan fingerprint density at radius 2 is 2.29 bits per heavy atom. The summed E-state index contributed by atoms with van der Waals surface area (Å²) in [4.78, 5) is 0.105. The van der Waals surface area contributed by atoms with Crippen LogP contribution < -0.4 is 5.73 Å². The number of sulfonamides is 1. The zero-order valence-corrected chi connectivity index (χ0v) is 11.8. The molecule has 1 aromatic rings. The summed E-state index contributed by atoms with van der Waals surface area (Å²) >= 11 is 10.5. The third-order valence-electron chi connectivity index (χ3n) is 2.11. The van der Waals surface area contributed by atoms with E-state index in [1.807, 2.05) is 0 Å². The Bertz CT molecular complexity index is 506. The monoisotopic (exact) mass is 296 g/mol. The lowest BCUT2D eigenvalue weighted by atomic mass is 10.6. The van der Waals surface area contributed by atoms with Crippen LogP contribution in [-0.4, -0.2) is 40.6 Å². The molecule has 1 heterocycles. The first-order chi connectivity index (χ1) is 7.80. The van der Waals surface area contributed by atoms with E-state index in [0.717, 1.165) is 4.31 Å². The number of hydrogen-bond donors (Lipinski definition) is 1. The third-order valence-corrected chi connectivity index (χ3v) is 4.67. The first-order valence-corrected chi connectivity index (χ1v) is 6.99. The van der Waals surface area contributed by atoms with Gasteiger partial charge in [-0.1, -0.05) is 30.7 Å². The Morgan fingerprint density at radius 3 is 2.65 bits per heavy atom. The molecule has 2 N–H and O–H groups in total. The van der Waals surface area contributed by atoms with Crippen LogP contribution in [0.3, 0.4) is 0 Å². The third kappa shape index (κ3) is 2.95. The summed E-state index contributed by atoms with van der Waals surface area (Å²) in [6.45, 7) is 1.93. The van der Waals surface area contributed by atoms with Crippen molar-refractivity contribution < 1.29 is 8.42 Å². The standard InChI is InChI=1S/C8H13ClN4O2S2/c1-3-13(5-7(10)16)17(14,15)8-6(9)4-11-12(8)2/h4H,3,5H2,1-2H3,(H2,10,16). The number of hydrogen-bond acceptors (Lipinski definition) is 4. The average Bonchev–Trinajstić information content (AvgIpc) is 2.54. The van der Waals surface area contributed by atoms with Gasteiger partial charge in [-0.2, -0.15) is 9.40 Å². The molecule has 0 aromatic carbocycles. The van der Waals surface area contributed by atoms with Crippen LogP contribution in [0, 0.1) is 0 Å². The molecule has 1 rings (SSSR count). The van der Waals surface area contributed by atoms with E-state index in [2.05, 4.69) is 5.10 Å². The van der Waals surface area contributed by atoms with Crippen molar-refractivity contribution in [2.45, 2.75) is 11.9 Å². The van der Waals surface area contributed by atoms with Crippen molar-refractivity contribution >= 4 is 38.8 Å². The Hall–Kier alpha value is -0.700. The SMILES string of the molecule is CCN(CC(N)=S)S(=O)(=O)c1c(Cl)cnn1C. The second-order valence-corrected chi connectivity index (χ2v) is 6.10. The minimum Gasteiger partial charge on any atom is -0.392 e. The van der Waals surface area contributed by atoms with Gasteiger partial charge in [-0.15, -0.1) is 0 Å². The van der Waals surface area contributed by atoms with E-state index >= 15 is 0 Å². The number of nitrogens with two attached hydrogens (primary N) is 1. The van der Waals surface area contributed by atoms with Crippen molar-refractivity contribution in [2.24, 2.45) is 12.8 Å². The van der Waals surface area contributed by atoms with Crippen LogP contribution in [0.2, 0.25) is 5.02 Å². The number of nitrogens with zero attached hydrogens (tertiary/aromatic N) is 3. The van der Waals surface area contributed by atoms with E-state index in [-0.39, 0.29) is 28.1 Å². The van der Waals surface area contributed by atoms with Crippen LogP contribution in [0.25, 0.3) is 0 Å². The maximum absolute atomic E-state index is 12.3. The summed E-state index contributed by atoms with van der Waals surface area (Å²) in [5, 5.41) is 3.81. The largest absolute Gasteiger partial charge is 0.392 e. The first-order valence-electron chi connectivity index (χ1n) is 4.76. The lowest BCUT2D eigenvalue weighted by Gasteiger charge is -2.19. The summed E-state index contributed by atoms with van der Waals surface area (Å²) in [5.41, 5.74) is 5.37. The van der Waals surface area contributed by atoms with Gasteiger partial charge in [-0.25, -0.2) is 8.42 Å². The maximum atomic E-state index is 12.3. The van der Waals surface area contributed by atoms with Crippen molar-refractivity contribution in [3.63, 3.8) is 0 Å². The summed E-state index contributed by atoms with van der Waals surface area (Å²) < 4.78 is 26.9. The molecule has 0 atom stereocenters. The van der Waals surface area contributed by atoms with E-state index in [1.165, 1.54) is 17.9 Å². The molecule has 0 aliphatic heterocycles. The highest BCUT2D eigenvalue weighted by Crippen LogP contribution is 2.23. The zero-order valence-electron chi connectivity index (χ0n) is 9.42. The van der Waals surface area contributed by atoms with Gasteiger partial charge in [-0.3, -0.25) is 4.68 Å². The first kappa shape index (κ1) is 14.4. The van der Waals surface area contributed by atoms with Crippen LogP contribution >= 0.6 is 23.8 Å². The highest BCUT2D eigenvalue weighted by molar-refractivity contribution is 7.89. The lowest BCUT2D eigenvalue weighted by Crippen LogP contribution is -2.38. The molecule has 0 aliphatic carbocycles. The predicted molar refractivity (Wildman–Crippen MR) is 69.4 cm³/mol. The minimum atomic E-state index is -3.73. The van der Waals surface area contributed by atoms with Gasteiger partial charge in [0.2, 0.25) is 0 Å². The topological polar surface area (TPSA) is 81.2 Å². The molecule has 0 bridgehead atoms. The van der Waals surface area contributed by atoms with Crippen LogP contribution in [0.5, 0.6) is 0 Å². The Morgan fingerprint density at radius 1 is 1.71 bits per heavy atom. The van der Waals surface area contributed by atoms with Gasteiger partial charge in [0, 0.05) is 13.6 Å². The van der Waals surface area contributed by atoms with Gasteiger partial charge in [0.05, 0.1) is 22.8 Å². The number of halogens is 1. The summed E-state index contributed by atoms with van der Waals surface area (Å²) in [5.74, 6) is 0. The predicted octanol–water partition coefficient (Wildman–Crippen LogP) is 0.370. The molecule has 0 spiro atoms. The number of rotatable bonds is 5. The van der Waals surface area contributed by atoms with E-state index in [1.54, 1.807) is 6.92 Å². The molecule has 9 heteroatoms. The van der Waals surface area contributed by atoms with Gasteiger partial charge < -0.3 is 5.73 Å². The molecular weight excluding hydrogens is 284 g/mol. The van der Waals surface area contributed by atoms with Crippen molar-refractivity contribution in [1.29, 1.82) is 0 Å². The summed E-state index contributed by atoms with van der Waals surface area (Å²) in [6.07, 6.45) is 1.28. The van der Waals surface area contributed by atoms with Crippen LogP contribution in [0.4, 0.5) is 0 Å². The fourth-order valence-electron chi connectivity index (χ4n) is 1.35. The van der Waals surface area contributed by atoms with Gasteiger partial charge >= 0.3 is 0 Å². The average molecular weight is 297 g/mol. The molecule has 0 amide bonds. The minimum absolute atomic E-state index is 0.0182. The second-order valence-electron chi connectivity index (χ2n) is 3.32. The van der Waals surface area contributed by atoms with Gasteiger partial charge in [-0.05, 0) is 0 Å². The zero-order chi connectivity index (χ0) is 13.2. The lowest BCUT2D eigenvalue weighted by molar-refractivity contribution is 0.458. The maximum Gasteiger partial charge on any atom is 0.262 e. The Kier molecular flexibility index (Phi) is 4.48. The smallest absolute Gasteiger partial charge is 0.262 e. The van der Waals surface area contributed by atoms with Gasteiger partial charge in [0.1, 0.15) is 0 Å². The fraction of sp³-hybridized carbons (Fsp3) is 0.500. The Labute approximate surface area is 110 Å². The van der Waals surface area contributed by atoms with E-state index in [4.69, 9.17) is 29.6 Å². The number of likely N-dealkylation sites (N-methyl/N-ethyl adjacent to an activating group) is 1. The van der Waals surface area contributed by atoms with Crippen LogP contribution in [-0.2, 0) is 17.1 Å². The van der Waals surface area contributed by atoms with E-state index in [0.29, 0.717) is 0 Å². The molecular formula is C8H13ClN4O2S2. The Balaban J connectivity index is 3.22. The number of thiocarbonyl (C=S) groups is 1. The second kappa shape index (κ2) is 5.30. The highest BCUT2D eigenvalue weighted by atomic mass is 35.5. The molecule has 0 unspecified atom stereocenters. The van der Waals surface area contributed by atoms with Crippen molar-refractivity contribution in [3.8, 4) is 0 Å². The number of aromatic nitrogens is 2. The molecule has 0 fully saturated rings. The molecule has 17 heavy (non-hydrogen) atoms. The summed E-state index contributed by atoms with van der Waals surface area (Å²) in [7, 11) is -2.22. The van der Waals surface area contributed by atoms with Gasteiger partial charge in [0.25, 0.3) is 10.0 Å².